The highest BCUT2D eigenvalue weighted by atomic mass is 35.5. The lowest BCUT2D eigenvalue weighted by atomic mass is 10.0. The molecule has 2 aromatic rings. The monoisotopic (exact) mass is 341 g/mol. The summed E-state index contributed by atoms with van der Waals surface area (Å²) < 4.78 is 67.8. The third-order valence-corrected chi connectivity index (χ3v) is 4.12. The van der Waals surface area contributed by atoms with E-state index < -0.39 is 40.7 Å². The molecule has 0 saturated carbocycles. The number of halogens is 6. The largest absolute Gasteiger partial charge is 0.306 e. The lowest BCUT2D eigenvalue weighted by molar-refractivity contribution is 0.363. The number of thiophene rings is 1. The Morgan fingerprint density at radius 3 is 1.95 bits per heavy atom. The lowest BCUT2D eigenvalue weighted by Gasteiger charge is -2.19. The third kappa shape index (κ3) is 2.90. The van der Waals surface area contributed by atoms with E-state index >= 15 is 0 Å². The van der Waals surface area contributed by atoms with E-state index in [0.29, 0.717) is 9.21 Å². The highest BCUT2D eigenvalue weighted by Gasteiger charge is 2.31. The molecule has 0 fully saturated rings. The van der Waals surface area contributed by atoms with Crippen LogP contribution in [0.3, 0.4) is 0 Å². The molecule has 21 heavy (non-hydrogen) atoms. The van der Waals surface area contributed by atoms with Gasteiger partial charge in [0.1, 0.15) is 0 Å². The minimum Gasteiger partial charge on any atom is -0.306 e. The normalized spacial score (nSPS) is 12.7. The molecule has 1 unspecified atom stereocenters. The summed E-state index contributed by atoms with van der Waals surface area (Å²) in [7, 11) is 0. The van der Waals surface area contributed by atoms with Gasteiger partial charge in [-0.05, 0) is 18.7 Å². The summed E-state index contributed by atoms with van der Waals surface area (Å²) in [5.74, 6) is -9.79. The first-order valence-corrected chi connectivity index (χ1v) is 7.07. The minimum absolute atomic E-state index is 0.264. The van der Waals surface area contributed by atoms with Crippen LogP contribution in [0.1, 0.15) is 23.4 Å². The van der Waals surface area contributed by atoms with Gasteiger partial charge in [-0.15, -0.1) is 11.3 Å². The van der Waals surface area contributed by atoms with Crippen LogP contribution in [0.5, 0.6) is 0 Å². The molecule has 2 rings (SSSR count). The van der Waals surface area contributed by atoms with Gasteiger partial charge in [0.2, 0.25) is 5.82 Å². The molecule has 8 heteroatoms. The van der Waals surface area contributed by atoms with E-state index in [1.165, 1.54) is 12.1 Å². The van der Waals surface area contributed by atoms with E-state index in [0.717, 1.165) is 11.3 Å². The molecule has 1 atom stereocenters. The first-order chi connectivity index (χ1) is 9.88. The fraction of sp³-hybridized carbons (Fsp3) is 0.231. The van der Waals surface area contributed by atoms with Gasteiger partial charge in [-0.1, -0.05) is 18.5 Å². The van der Waals surface area contributed by atoms with Gasteiger partial charge in [0, 0.05) is 4.88 Å². The van der Waals surface area contributed by atoms with Crippen molar-refractivity contribution < 1.29 is 22.0 Å². The molecule has 1 aromatic heterocycles. The zero-order chi connectivity index (χ0) is 15.7. The number of hydrogen-bond acceptors (Lipinski definition) is 2. The van der Waals surface area contributed by atoms with E-state index in [4.69, 9.17) is 11.6 Å². The molecule has 0 saturated heterocycles. The van der Waals surface area contributed by atoms with Gasteiger partial charge in [-0.2, -0.15) is 0 Å². The molecule has 1 N–H and O–H groups in total. The summed E-state index contributed by atoms with van der Waals surface area (Å²) >= 11 is 6.75. The molecule has 0 spiro atoms. The fourth-order valence-corrected chi connectivity index (χ4v) is 3.05. The molecule has 1 heterocycles. The molecule has 114 valence electrons. The first-order valence-electron chi connectivity index (χ1n) is 5.88. The Hall–Kier alpha value is -1.18. The summed E-state index contributed by atoms with van der Waals surface area (Å²) in [6, 6.07) is 1.79. The van der Waals surface area contributed by atoms with Crippen LogP contribution in [0.2, 0.25) is 4.34 Å². The zero-order valence-corrected chi connectivity index (χ0v) is 12.2. The van der Waals surface area contributed by atoms with Gasteiger partial charge < -0.3 is 5.32 Å². The van der Waals surface area contributed by atoms with Crippen LogP contribution >= 0.6 is 22.9 Å². The van der Waals surface area contributed by atoms with E-state index in [1.54, 1.807) is 6.92 Å². The molecule has 0 aliphatic carbocycles. The molecular weight excluding hydrogens is 333 g/mol. The lowest BCUT2D eigenvalue weighted by Crippen LogP contribution is -2.25. The van der Waals surface area contributed by atoms with Crippen LogP contribution in [-0.2, 0) is 0 Å². The average molecular weight is 342 g/mol. The zero-order valence-electron chi connectivity index (χ0n) is 10.6. The molecule has 0 aliphatic rings. The topological polar surface area (TPSA) is 12.0 Å². The van der Waals surface area contributed by atoms with Gasteiger partial charge in [0.25, 0.3) is 0 Å². The summed E-state index contributed by atoms with van der Waals surface area (Å²) in [6.45, 7) is 1.91. The van der Waals surface area contributed by atoms with Gasteiger partial charge in [-0.3, -0.25) is 0 Å². The SMILES string of the molecule is CCNC(c1ccc(Cl)s1)c1c(F)c(F)c(F)c(F)c1F. The van der Waals surface area contributed by atoms with E-state index in [1.807, 2.05) is 0 Å². The maximum absolute atomic E-state index is 13.9. The molecule has 0 radical (unpaired) electrons. The molecule has 1 aromatic carbocycles. The Kier molecular flexibility index (Phi) is 4.85. The quantitative estimate of drug-likeness (QED) is 0.479. The second kappa shape index (κ2) is 6.29. The Bertz CT molecular complexity index is 644. The number of rotatable bonds is 4. The predicted molar refractivity (Wildman–Crippen MR) is 71.1 cm³/mol. The molecule has 0 aliphatic heterocycles. The summed E-state index contributed by atoms with van der Waals surface area (Å²) in [5.41, 5.74) is -0.910. The highest BCUT2D eigenvalue weighted by molar-refractivity contribution is 7.16. The van der Waals surface area contributed by atoms with Crippen molar-refractivity contribution in [2.45, 2.75) is 13.0 Å². The molecule has 0 amide bonds. The van der Waals surface area contributed by atoms with Crippen molar-refractivity contribution in [1.29, 1.82) is 0 Å². The standard InChI is InChI=1S/C13H9ClF5NS/c1-2-20-13(5-3-4-6(14)21-5)7-8(15)10(17)12(19)11(18)9(7)16/h3-4,13,20H,2H2,1H3. The van der Waals surface area contributed by atoms with Gasteiger partial charge in [0.15, 0.2) is 23.3 Å². The minimum atomic E-state index is -2.17. The second-order valence-electron chi connectivity index (χ2n) is 4.12. The Morgan fingerprint density at radius 2 is 1.52 bits per heavy atom. The van der Waals surface area contributed by atoms with Gasteiger partial charge in [0.05, 0.1) is 15.9 Å². The first kappa shape index (κ1) is 16.2. The summed E-state index contributed by atoms with van der Waals surface area (Å²) in [6.07, 6.45) is 0. The van der Waals surface area contributed by atoms with Crippen LogP contribution in [0.15, 0.2) is 12.1 Å². The summed E-state index contributed by atoms with van der Waals surface area (Å²) in [4.78, 5) is 0.352. The number of hydrogen-bond donors (Lipinski definition) is 1. The predicted octanol–water partition coefficient (Wildman–Crippen LogP) is 4.80. The smallest absolute Gasteiger partial charge is 0.200 e. The van der Waals surface area contributed by atoms with Crippen molar-refractivity contribution in [2.24, 2.45) is 0 Å². The molecule has 1 nitrogen and oxygen atoms in total. The third-order valence-electron chi connectivity index (χ3n) is 2.82. The van der Waals surface area contributed by atoms with Crippen LogP contribution < -0.4 is 5.32 Å². The van der Waals surface area contributed by atoms with Crippen molar-refractivity contribution in [3.05, 3.63) is 56.0 Å². The van der Waals surface area contributed by atoms with Crippen molar-refractivity contribution in [3.63, 3.8) is 0 Å². The average Bonchev–Trinajstić information content (AvgIpc) is 2.88. The van der Waals surface area contributed by atoms with Crippen LogP contribution in [0.4, 0.5) is 22.0 Å². The van der Waals surface area contributed by atoms with Crippen LogP contribution in [-0.4, -0.2) is 6.54 Å². The van der Waals surface area contributed by atoms with E-state index in [9.17, 15) is 22.0 Å². The summed E-state index contributed by atoms with van der Waals surface area (Å²) in [5, 5.41) is 2.70. The van der Waals surface area contributed by atoms with Gasteiger partial charge >= 0.3 is 0 Å². The molecule has 0 bridgehead atoms. The molecular formula is C13H9ClF5NS. The van der Waals surface area contributed by atoms with Crippen LogP contribution in [0.25, 0.3) is 0 Å². The highest BCUT2D eigenvalue weighted by Crippen LogP contribution is 2.35. The van der Waals surface area contributed by atoms with Crippen molar-refractivity contribution in [2.75, 3.05) is 6.54 Å². The van der Waals surface area contributed by atoms with Crippen LogP contribution in [0, 0.1) is 29.1 Å². The maximum Gasteiger partial charge on any atom is 0.200 e. The number of nitrogens with one attached hydrogen (secondary N) is 1. The Balaban J connectivity index is 2.66. The Morgan fingerprint density at radius 1 is 1.00 bits per heavy atom. The maximum atomic E-state index is 13.9. The van der Waals surface area contributed by atoms with Crippen molar-refractivity contribution in [1.82, 2.24) is 5.32 Å². The van der Waals surface area contributed by atoms with Gasteiger partial charge in [-0.25, -0.2) is 22.0 Å². The van der Waals surface area contributed by atoms with E-state index in [2.05, 4.69) is 5.32 Å². The van der Waals surface area contributed by atoms with E-state index in [-0.39, 0.29) is 6.54 Å². The van der Waals surface area contributed by atoms with Crippen molar-refractivity contribution >= 4 is 22.9 Å². The number of benzene rings is 1. The second-order valence-corrected chi connectivity index (χ2v) is 5.86. The Labute approximate surface area is 126 Å². The van der Waals surface area contributed by atoms with Crippen molar-refractivity contribution in [3.8, 4) is 0 Å². The fourth-order valence-electron chi connectivity index (χ4n) is 1.91.